The Morgan fingerprint density at radius 1 is 1.47 bits per heavy atom. The molecule has 6 nitrogen and oxygen atoms in total. The Hall–Kier alpha value is -1.66. The number of hydrogen-bond acceptors (Lipinski definition) is 5. The monoisotopic (exact) mass is 240 g/mol. The molecule has 0 aliphatic rings. The van der Waals surface area contributed by atoms with Crippen LogP contribution in [0.4, 0.5) is 11.4 Å². The number of likely N-dealkylation sites (N-methyl/N-ethyl adjacent to an activating group) is 1. The van der Waals surface area contributed by atoms with Crippen molar-refractivity contribution < 1.29 is 15.1 Å². The second-order valence-electron chi connectivity index (χ2n) is 3.88. The molecule has 0 aromatic heterocycles. The summed E-state index contributed by atoms with van der Waals surface area (Å²) in [6.45, 7) is 1.44. The highest BCUT2D eigenvalue weighted by Gasteiger charge is 2.20. The largest absolute Gasteiger partial charge is 0.394 e. The Morgan fingerprint density at radius 3 is 2.59 bits per heavy atom. The maximum atomic E-state index is 10.9. The highest BCUT2D eigenvalue weighted by molar-refractivity contribution is 5.64. The number of nitrogens with zero attached hydrogens (tertiary/aromatic N) is 2. The van der Waals surface area contributed by atoms with Gasteiger partial charge in [0.1, 0.15) is 5.69 Å². The van der Waals surface area contributed by atoms with Gasteiger partial charge in [-0.2, -0.15) is 0 Å². The Kier molecular flexibility index (Phi) is 4.42. The van der Waals surface area contributed by atoms with Gasteiger partial charge in [-0.1, -0.05) is 6.07 Å². The van der Waals surface area contributed by atoms with E-state index in [1.807, 2.05) is 0 Å². The normalized spacial score (nSPS) is 12.2. The van der Waals surface area contributed by atoms with Crippen LogP contribution in [0.3, 0.4) is 0 Å². The van der Waals surface area contributed by atoms with E-state index >= 15 is 0 Å². The molecule has 0 radical (unpaired) electrons. The van der Waals surface area contributed by atoms with Gasteiger partial charge >= 0.3 is 0 Å². The number of benzene rings is 1. The molecule has 94 valence electrons. The molecular weight excluding hydrogens is 224 g/mol. The van der Waals surface area contributed by atoms with Crippen LogP contribution in [0, 0.1) is 10.1 Å². The zero-order valence-electron chi connectivity index (χ0n) is 9.83. The van der Waals surface area contributed by atoms with E-state index < -0.39 is 4.92 Å². The van der Waals surface area contributed by atoms with Crippen LogP contribution in [0.25, 0.3) is 0 Å². The lowest BCUT2D eigenvalue weighted by molar-refractivity contribution is -0.384. The van der Waals surface area contributed by atoms with Crippen molar-refractivity contribution in [2.45, 2.75) is 19.6 Å². The second-order valence-corrected chi connectivity index (χ2v) is 3.88. The summed E-state index contributed by atoms with van der Waals surface area (Å²) in [6.07, 6.45) is 0. The van der Waals surface area contributed by atoms with Crippen LogP contribution in [-0.2, 0) is 6.61 Å². The Labute approximate surface area is 99.3 Å². The van der Waals surface area contributed by atoms with E-state index in [9.17, 15) is 10.1 Å². The average molecular weight is 240 g/mol. The third-order valence-electron chi connectivity index (χ3n) is 2.72. The zero-order chi connectivity index (χ0) is 13.0. The van der Waals surface area contributed by atoms with Crippen molar-refractivity contribution in [2.75, 3.05) is 18.6 Å². The Balaban J connectivity index is 3.18. The zero-order valence-corrected chi connectivity index (χ0v) is 9.83. The fraction of sp³-hybridized carbons (Fsp3) is 0.455. The first-order valence-electron chi connectivity index (χ1n) is 5.23. The molecular formula is C11H16N2O4. The number of nitro benzene ring substituents is 1. The van der Waals surface area contributed by atoms with Crippen LogP contribution in [0.15, 0.2) is 18.2 Å². The molecule has 1 aromatic carbocycles. The predicted octanol–water partition coefficient (Wildman–Crippen LogP) is 0.904. The second kappa shape index (κ2) is 5.60. The number of nitro groups is 1. The topological polar surface area (TPSA) is 86.8 Å². The third-order valence-corrected chi connectivity index (χ3v) is 2.72. The van der Waals surface area contributed by atoms with E-state index in [4.69, 9.17) is 10.2 Å². The SMILES string of the molecule is CC(CO)N(C)c1ccc(CO)cc1[N+](=O)[O-]. The lowest BCUT2D eigenvalue weighted by Gasteiger charge is -2.25. The van der Waals surface area contributed by atoms with Crippen LogP contribution in [0.5, 0.6) is 0 Å². The molecule has 1 unspecified atom stereocenters. The molecule has 0 spiro atoms. The molecule has 1 rings (SSSR count). The molecule has 6 heteroatoms. The summed E-state index contributed by atoms with van der Waals surface area (Å²) in [7, 11) is 1.68. The summed E-state index contributed by atoms with van der Waals surface area (Å²) in [5, 5.41) is 28.9. The molecule has 0 bridgehead atoms. The van der Waals surface area contributed by atoms with Crippen molar-refractivity contribution in [1.82, 2.24) is 0 Å². The molecule has 0 fully saturated rings. The van der Waals surface area contributed by atoms with Crippen molar-refractivity contribution >= 4 is 11.4 Å². The van der Waals surface area contributed by atoms with Gasteiger partial charge in [-0.15, -0.1) is 0 Å². The minimum atomic E-state index is -0.491. The van der Waals surface area contributed by atoms with Gasteiger partial charge in [0.2, 0.25) is 0 Å². The first-order valence-corrected chi connectivity index (χ1v) is 5.23. The maximum absolute atomic E-state index is 10.9. The number of hydrogen-bond donors (Lipinski definition) is 2. The van der Waals surface area contributed by atoms with Crippen molar-refractivity contribution in [1.29, 1.82) is 0 Å². The van der Waals surface area contributed by atoms with E-state index in [0.717, 1.165) is 0 Å². The van der Waals surface area contributed by atoms with E-state index in [1.54, 1.807) is 31.0 Å². The Bertz CT molecular complexity index is 408. The quantitative estimate of drug-likeness (QED) is 0.590. The van der Waals surface area contributed by atoms with Crippen LogP contribution in [0.1, 0.15) is 12.5 Å². The summed E-state index contributed by atoms with van der Waals surface area (Å²) in [5.41, 5.74) is 0.846. The standard InChI is InChI=1S/C11H16N2O4/c1-8(6-14)12(2)10-4-3-9(7-15)5-11(10)13(16)17/h3-5,8,14-15H,6-7H2,1-2H3. The molecule has 2 N–H and O–H groups in total. The van der Waals surface area contributed by atoms with E-state index in [0.29, 0.717) is 11.3 Å². The molecule has 0 saturated carbocycles. The highest BCUT2D eigenvalue weighted by Crippen LogP contribution is 2.29. The third kappa shape index (κ3) is 2.92. The van der Waals surface area contributed by atoms with Gasteiger partial charge in [0, 0.05) is 19.2 Å². The fourth-order valence-electron chi connectivity index (χ4n) is 1.47. The lowest BCUT2D eigenvalue weighted by atomic mass is 10.1. The molecule has 1 aromatic rings. The maximum Gasteiger partial charge on any atom is 0.292 e. The van der Waals surface area contributed by atoms with E-state index in [-0.39, 0.29) is 24.9 Å². The lowest BCUT2D eigenvalue weighted by Crippen LogP contribution is -2.32. The van der Waals surface area contributed by atoms with Gasteiger partial charge in [-0.3, -0.25) is 10.1 Å². The van der Waals surface area contributed by atoms with Gasteiger partial charge in [-0.05, 0) is 18.6 Å². The summed E-state index contributed by atoms with van der Waals surface area (Å²) in [4.78, 5) is 12.1. The number of anilines is 1. The van der Waals surface area contributed by atoms with Gasteiger partial charge < -0.3 is 15.1 Å². The van der Waals surface area contributed by atoms with Crippen molar-refractivity contribution in [3.05, 3.63) is 33.9 Å². The first-order chi connectivity index (χ1) is 8.01. The predicted molar refractivity (Wildman–Crippen MR) is 64.0 cm³/mol. The molecule has 0 heterocycles. The van der Waals surface area contributed by atoms with Crippen LogP contribution >= 0.6 is 0 Å². The van der Waals surface area contributed by atoms with Crippen LogP contribution < -0.4 is 4.90 Å². The minimum absolute atomic E-state index is 0.0700. The summed E-state index contributed by atoms with van der Waals surface area (Å²) in [5.74, 6) is 0. The number of aliphatic hydroxyl groups excluding tert-OH is 2. The summed E-state index contributed by atoms with van der Waals surface area (Å²) >= 11 is 0. The highest BCUT2D eigenvalue weighted by atomic mass is 16.6. The van der Waals surface area contributed by atoms with Gasteiger partial charge in [-0.25, -0.2) is 0 Å². The van der Waals surface area contributed by atoms with Crippen molar-refractivity contribution in [3.8, 4) is 0 Å². The molecule has 17 heavy (non-hydrogen) atoms. The molecule has 1 atom stereocenters. The number of aliphatic hydroxyl groups is 2. The number of rotatable bonds is 5. The molecule has 0 saturated heterocycles. The first kappa shape index (κ1) is 13.4. The molecule has 0 aliphatic carbocycles. The van der Waals surface area contributed by atoms with E-state index in [2.05, 4.69) is 0 Å². The summed E-state index contributed by atoms with van der Waals surface area (Å²) < 4.78 is 0. The smallest absolute Gasteiger partial charge is 0.292 e. The van der Waals surface area contributed by atoms with Gasteiger partial charge in [0.05, 0.1) is 18.1 Å². The van der Waals surface area contributed by atoms with Gasteiger partial charge in [0.15, 0.2) is 0 Å². The van der Waals surface area contributed by atoms with Crippen molar-refractivity contribution in [3.63, 3.8) is 0 Å². The van der Waals surface area contributed by atoms with Crippen molar-refractivity contribution in [2.24, 2.45) is 0 Å². The average Bonchev–Trinajstić information content (AvgIpc) is 2.35. The van der Waals surface area contributed by atoms with Crippen LogP contribution in [0.2, 0.25) is 0 Å². The minimum Gasteiger partial charge on any atom is -0.394 e. The van der Waals surface area contributed by atoms with E-state index in [1.165, 1.54) is 6.07 Å². The fourth-order valence-corrected chi connectivity index (χ4v) is 1.47. The summed E-state index contributed by atoms with van der Waals surface area (Å²) in [6, 6.07) is 4.34. The van der Waals surface area contributed by atoms with Crippen LogP contribution in [-0.4, -0.2) is 34.8 Å². The van der Waals surface area contributed by atoms with Gasteiger partial charge in [0.25, 0.3) is 5.69 Å². The molecule has 0 amide bonds. The molecule has 0 aliphatic heterocycles. The Morgan fingerprint density at radius 2 is 2.12 bits per heavy atom.